The molecule has 0 spiro atoms. The molecule has 0 fully saturated rings. The van der Waals surface area contributed by atoms with Crippen molar-refractivity contribution >= 4 is 33.7 Å². The third kappa shape index (κ3) is 1.06. The van der Waals surface area contributed by atoms with Gasteiger partial charge in [0.2, 0.25) is 0 Å². The predicted molar refractivity (Wildman–Crippen MR) is 60.0 cm³/mol. The normalized spacial score (nSPS) is 13.7. The summed E-state index contributed by atoms with van der Waals surface area (Å²) >= 11 is 1.71. The lowest BCUT2D eigenvalue weighted by atomic mass is 10.1. The Kier molecular flexibility index (Phi) is 1.64. The fourth-order valence-corrected chi connectivity index (χ4v) is 2.32. The van der Waals surface area contributed by atoms with Crippen LogP contribution >= 0.6 is 11.3 Å². The molecule has 14 heavy (non-hydrogen) atoms. The second-order valence-corrected chi connectivity index (χ2v) is 3.97. The number of thiophene rings is 1. The summed E-state index contributed by atoms with van der Waals surface area (Å²) in [5.41, 5.74) is 1.08. The Hall–Kier alpha value is -1.61. The van der Waals surface area contributed by atoms with Crippen LogP contribution in [0.1, 0.15) is 5.56 Å². The van der Waals surface area contributed by atoms with Crippen LogP contribution in [0.3, 0.4) is 0 Å². The molecule has 68 valence electrons. The van der Waals surface area contributed by atoms with Crippen molar-refractivity contribution < 1.29 is 4.84 Å². The zero-order chi connectivity index (χ0) is 9.38. The van der Waals surface area contributed by atoms with Gasteiger partial charge in [-0.05, 0) is 35.7 Å². The van der Waals surface area contributed by atoms with Crippen LogP contribution in [0.5, 0.6) is 5.75 Å². The van der Waals surface area contributed by atoms with Gasteiger partial charge in [0.05, 0.1) is 6.21 Å². The quantitative estimate of drug-likeness (QED) is 0.641. The molecule has 3 rings (SSSR count). The molecule has 0 radical (unpaired) electrons. The van der Waals surface area contributed by atoms with E-state index in [1.807, 2.05) is 12.2 Å². The van der Waals surface area contributed by atoms with Gasteiger partial charge in [-0.3, -0.25) is 0 Å². The van der Waals surface area contributed by atoms with Gasteiger partial charge >= 0.3 is 0 Å². The highest BCUT2D eigenvalue weighted by Crippen LogP contribution is 2.34. The Labute approximate surface area is 85.1 Å². The number of nitrogens with zero attached hydrogens (tertiary/aromatic N) is 1. The fraction of sp³-hybridized carbons (Fsp3) is 0. The van der Waals surface area contributed by atoms with E-state index in [0.717, 1.165) is 16.7 Å². The number of fused-ring (bicyclic) bond motifs is 3. The summed E-state index contributed by atoms with van der Waals surface area (Å²) in [6, 6.07) is 6.23. The number of rotatable bonds is 0. The fourth-order valence-electron chi connectivity index (χ4n) is 1.53. The highest BCUT2D eigenvalue weighted by Gasteiger charge is 2.09. The lowest BCUT2D eigenvalue weighted by Gasteiger charge is -2.02. The van der Waals surface area contributed by atoms with Crippen molar-refractivity contribution in [2.24, 2.45) is 5.16 Å². The third-order valence-corrected chi connectivity index (χ3v) is 3.07. The molecule has 0 atom stereocenters. The SMILES string of the molecule is C1=Cc2ccc3sccc3c2ON=C1. The zero-order valence-electron chi connectivity index (χ0n) is 7.31. The van der Waals surface area contributed by atoms with Crippen molar-refractivity contribution in [3.05, 3.63) is 35.2 Å². The van der Waals surface area contributed by atoms with Crippen LogP contribution in [0.4, 0.5) is 0 Å². The minimum Gasteiger partial charge on any atom is -0.356 e. The molecule has 0 saturated heterocycles. The van der Waals surface area contributed by atoms with E-state index in [0.29, 0.717) is 0 Å². The van der Waals surface area contributed by atoms with Gasteiger partial charge in [-0.1, -0.05) is 5.16 Å². The molecule has 0 unspecified atom stereocenters. The largest absolute Gasteiger partial charge is 0.356 e. The first kappa shape index (κ1) is 7.76. The summed E-state index contributed by atoms with van der Waals surface area (Å²) in [6.07, 6.45) is 5.53. The smallest absolute Gasteiger partial charge is 0.173 e. The second kappa shape index (κ2) is 2.96. The Balaban J connectivity index is 2.38. The molecule has 1 aromatic carbocycles. The zero-order valence-corrected chi connectivity index (χ0v) is 8.12. The Morgan fingerprint density at radius 3 is 3.21 bits per heavy atom. The molecule has 0 bridgehead atoms. The molecule has 1 aliphatic heterocycles. The van der Waals surface area contributed by atoms with E-state index < -0.39 is 0 Å². The second-order valence-electron chi connectivity index (χ2n) is 3.02. The average molecular weight is 201 g/mol. The standard InChI is InChI=1S/C11H7NOS/c1-2-8-3-4-10-9(5-7-14-10)11(8)13-12-6-1/h1-7H. The highest BCUT2D eigenvalue weighted by molar-refractivity contribution is 7.17. The van der Waals surface area contributed by atoms with Crippen molar-refractivity contribution in [1.82, 2.24) is 0 Å². The van der Waals surface area contributed by atoms with Crippen LogP contribution in [0.25, 0.3) is 16.2 Å². The molecule has 2 heterocycles. The van der Waals surface area contributed by atoms with Crippen molar-refractivity contribution in [3.8, 4) is 5.75 Å². The van der Waals surface area contributed by atoms with Crippen LogP contribution in [0.2, 0.25) is 0 Å². The van der Waals surface area contributed by atoms with Gasteiger partial charge in [-0.25, -0.2) is 0 Å². The lowest BCUT2D eigenvalue weighted by molar-refractivity contribution is 0.348. The van der Waals surface area contributed by atoms with Crippen LogP contribution in [0, 0.1) is 0 Å². The van der Waals surface area contributed by atoms with Gasteiger partial charge in [-0.2, -0.15) is 0 Å². The van der Waals surface area contributed by atoms with Gasteiger partial charge in [0.1, 0.15) is 0 Å². The van der Waals surface area contributed by atoms with E-state index in [9.17, 15) is 0 Å². The predicted octanol–water partition coefficient (Wildman–Crippen LogP) is 3.29. The Morgan fingerprint density at radius 1 is 1.21 bits per heavy atom. The molecule has 1 aliphatic rings. The molecule has 2 nitrogen and oxygen atoms in total. The maximum atomic E-state index is 5.33. The first-order chi connectivity index (χ1) is 6.95. The van der Waals surface area contributed by atoms with Gasteiger partial charge in [0.25, 0.3) is 0 Å². The summed E-state index contributed by atoms with van der Waals surface area (Å²) in [4.78, 5) is 5.33. The summed E-state index contributed by atoms with van der Waals surface area (Å²) in [5.74, 6) is 0.855. The molecule has 3 heteroatoms. The topological polar surface area (TPSA) is 21.6 Å². The molecule has 0 saturated carbocycles. The van der Waals surface area contributed by atoms with Crippen LogP contribution < -0.4 is 4.84 Å². The molecule has 0 N–H and O–H groups in total. The number of oxime groups is 1. The van der Waals surface area contributed by atoms with Crippen molar-refractivity contribution in [2.75, 3.05) is 0 Å². The minimum atomic E-state index is 0.855. The Bertz CT molecular complexity index is 539. The van der Waals surface area contributed by atoms with E-state index in [4.69, 9.17) is 4.84 Å². The third-order valence-electron chi connectivity index (χ3n) is 2.18. The Morgan fingerprint density at radius 2 is 2.21 bits per heavy atom. The van der Waals surface area contributed by atoms with E-state index in [1.165, 1.54) is 4.70 Å². The molecular weight excluding hydrogens is 194 g/mol. The van der Waals surface area contributed by atoms with E-state index in [1.54, 1.807) is 17.6 Å². The molecule has 0 amide bonds. The monoisotopic (exact) mass is 201 g/mol. The minimum absolute atomic E-state index is 0.855. The highest BCUT2D eigenvalue weighted by atomic mass is 32.1. The summed E-state index contributed by atoms with van der Waals surface area (Å²) in [5, 5.41) is 7.03. The van der Waals surface area contributed by atoms with Crippen molar-refractivity contribution in [1.29, 1.82) is 0 Å². The summed E-state index contributed by atoms with van der Waals surface area (Å²) < 4.78 is 1.23. The molecular formula is C11H7NOS. The number of benzene rings is 1. The van der Waals surface area contributed by atoms with Crippen LogP contribution in [-0.2, 0) is 0 Å². The first-order valence-corrected chi connectivity index (χ1v) is 5.20. The van der Waals surface area contributed by atoms with E-state index in [2.05, 4.69) is 28.7 Å². The molecule has 1 aromatic heterocycles. The van der Waals surface area contributed by atoms with Crippen LogP contribution in [-0.4, -0.2) is 6.21 Å². The van der Waals surface area contributed by atoms with Crippen molar-refractivity contribution in [2.45, 2.75) is 0 Å². The van der Waals surface area contributed by atoms with Crippen molar-refractivity contribution in [3.63, 3.8) is 0 Å². The van der Waals surface area contributed by atoms with E-state index >= 15 is 0 Å². The van der Waals surface area contributed by atoms with Gasteiger partial charge in [0, 0.05) is 15.6 Å². The average Bonchev–Trinajstić information content (AvgIpc) is 2.55. The molecule has 2 aromatic rings. The summed E-state index contributed by atoms with van der Waals surface area (Å²) in [7, 11) is 0. The number of hydrogen-bond donors (Lipinski definition) is 0. The first-order valence-electron chi connectivity index (χ1n) is 4.32. The lowest BCUT2D eigenvalue weighted by Crippen LogP contribution is -1.84. The van der Waals surface area contributed by atoms with Gasteiger partial charge < -0.3 is 4.84 Å². The van der Waals surface area contributed by atoms with Gasteiger partial charge in [-0.15, -0.1) is 11.3 Å². The maximum Gasteiger partial charge on any atom is 0.173 e. The summed E-state index contributed by atoms with van der Waals surface area (Å²) in [6.45, 7) is 0. The number of hydrogen-bond acceptors (Lipinski definition) is 3. The molecule has 0 aliphatic carbocycles. The maximum absolute atomic E-state index is 5.33. The van der Waals surface area contributed by atoms with Gasteiger partial charge in [0.15, 0.2) is 5.75 Å². The van der Waals surface area contributed by atoms with Crippen LogP contribution in [0.15, 0.2) is 34.8 Å². The van der Waals surface area contributed by atoms with E-state index in [-0.39, 0.29) is 0 Å². The number of allylic oxidation sites excluding steroid dienone is 1.